The van der Waals surface area contributed by atoms with Crippen molar-refractivity contribution in [2.45, 2.75) is 231 Å². The molecule has 8 nitrogen and oxygen atoms in total. The van der Waals surface area contributed by atoms with Crippen LogP contribution in [0.5, 0.6) is 0 Å². The molecule has 0 bridgehead atoms. The van der Waals surface area contributed by atoms with Crippen LogP contribution in [0, 0.1) is 0 Å². The molecule has 0 aromatic heterocycles. The van der Waals surface area contributed by atoms with Gasteiger partial charge in [-0.2, -0.15) is 0 Å². The second-order valence-electron chi connectivity index (χ2n) is 16.4. The number of aliphatic carboxylic acids is 2. The van der Waals surface area contributed by atoms with Crippen molar-refractivity contribution in [3.05, 3.63) is 71.8 Å². The molecule has 2 aromatic rings. The molecule has 0 saturated heterocycles. The third-order valence-corrected chi connectivity index (χ3v) is 10.8. The minimum atomic E-state index is -0.974. The number of benzene rings is 2. The van der Waals surface area contributed by atoms with Gasteiger partial charge in [-0.15, -0.1) is 0 Å². The molecule has 9 heteroatoms. The van der Waals surface area contributed by atoms with E-state index in [1.807, 2.05) is 36.4 Å². The van der Waals surface area contributed by atoms with Crippen LogP contribution in [0.2, 0.25) is 0 Å². The van der Waals surface area contributed by atoms with Crippen LogP contribution >= 0.6 is 0 Å². The Labute approximate surface area is 400 Å². The fourth-order valence-electron chi connectivity index (χ4n) is 7.27. The molecule has 0 fully saturated rings. The Bertz CT molecular complexity index is 1110. The van der Waals surface area contributed by atoms with Gasteiger partial charge in [0.05, 0.1) is 37.6 Å². The number of aliphatic hydroxyl groups excluding tert-OH is 2. The van der Waals surface area contributed by atoms with Gasteiger partial charge in [0.2, 0.25) is 0 Å². The monoisotopic (exact) mass is 949 g/mol. The van der Waals surface area contributed by atoms with Crippen LogP contribution < -0.4 is 10.2 Å². The predicted octanol–water partition coefficient (Wildman–Crippen LogP) is 9.95. The molecule has 0 saturated carbocycles. The summed E-state index contributed by atoms with van der Waals surface area (Å²) < 4.78 is 12.3. The van der Waals surface area contributed by atoms with Gasteiger partial charge in [0.25, 0.3) is 0 Å². The summed E-state index contributed by atoms with van der Waals surface area (Å²) in [6, 6.07) is 20.4. The van der Waals surface area contributed by atoms with Crippen LogP contribution in [0.3, 0.4) is 0 Å². The van der Waals surface area contributed by atoms with Crippen LogP contribution in [-0.4, -0.2) is 95.4 Å². The average Bonchev–Trinajstić information content (AvgIpc) is 3.21. The number of carbonyl (C=O) groups excluding carboxylic acids is 2. The topological polar surface area (TPSA) is 139 Å². The number of carboxylic acid groups (broad SMARTS) is 2. The summed E-state index contributed by atoms with van der Waals surface area (Å²) in [4.78, 5) is 20.8. The maximum Gasteiger partial charge on any atom is 2.00 e. The van der Waals surface area contributed by atoms with Gasteiger partial charge in [-0.3, -0.25) is 0 Å². The third-order valence-electron chi connectivity index (χ3n) is 10.8. The van der Waals surface area contributed by atoms with Gasteiger partial charge in [0.15, 0.2) is 0 Å². The molecule has 0 heterocycles. The average molecular weight is 949 g/mol. The minimum Gasteiger partial charge on any atom is -0.550 e. The molecule has 2 N–H and O–H groups in total. The number of carboxylic acids is 2. The fraction of sp³-hybridized carbons (Fsp3) is 0.720. The first kappa shape index (κ1) is 57.8. The molecular formula is C50H82BaO8. The van der Waals surface area contributed by atoms with E-state index in [1.165, 1.54) is 75.3 Å². The number of aliphatic hydroxyl groups is 2. The number of hydrogen-bond donors (Lipinski definition) is 2. The van der Waals surface area contributed by atoms with E-state index < -0.39 is 11.9 Å². The van der Waals surface area contributed by atoms with Crippen LogP contribution in [0.1, 0.15) is 205 Å². The second-order valence-corrected chi connectivity index (χ2v) is 16.4. The Hall–Kier alpha value is -1.21. The molecule has 4 unspecified atom stereocenters. The van der Waals surface area contributed by atoms with Crippen molar-refractivity contribution in [1.82, 2.24) is 0 Å². The Morgan fingerprint density at radius 3 is 1.12 bits per heavy atom. The maximum atomic E-state index is 10.5. The summed E-state index contributed by atoms with van der Waals surface area (Å²) in [5, 5.41) is 41.7. The Balaban J connectivity index is 0.00000112. The SMILES string of the molecule is CCCCCCCCC(CC(O)CCCCCCC(=O)[O-])OCc1ccccc1.CCCCCCCCC(CC(O)CCCCCCC(=O)[O-])OCc1ccccc1.[Ba+2]. The molecule has 4 atom stereocenters. The zero-order chi connectivity index (χ0) is 42.3. The van der Waals surface area contributed by atoms with Gasteiger partial charge in [0, 0.05) is 11.9 Å². The van der Waals surface area contributed by atoms with Crippen molar-refractivity contribution in [3.63, 3.8) is 0 Å². The molecule has 2 aromatic carbocycles. The molecule has 0 radical (unpaired) electrons. The van der Waals surface area contributed by atoms with Crippen LogP contribution in [0.15, 0.2) is 60.7 Å². The summed E-state index contributed by atoms with van der Waals surface area (Å²) in [5.74, 6) is -1.95. The number of ether oxygens (including phenoxy) is 2. The summed E-state index contributed by atoms with van der Waals surface area (Å²) >= 11 is 0. The normalized spacial score (nSPS) is 13.1. The number of unbranched alkanes of at least 4 members (excludes halogenated alkanes) is 16. The molecule has 0 aliphatic rings. The van der Waals surface area contributed by atoms with Crippen molar-refractivity contribution in [2.75, 3.05) is 0 Å². The van der Waals surface area contributed by atoms with Gasteiger partial charge in [-0.05, 0) is 75.3 Å². The van der Waals surface area contributed by atoms with E-state index >= 15 is 0 Å². The van der Waals surface area contributed by atoms with E-state index in [2.05, 4.69) is 38.1 Å². The van der Waals surface area contributed by atoms with Gasteiger partial charge in [0.1, 0.15) is 0 Å². The number of carbonyl (C=O) groups is 2. The zero-order valence-corrected chi connectivity index (χ0v) is 41.8. The van der Waals surface area contributed by atoms with Crippen molar-refractivity contribution >= 4 is 60.8 Å². The molecule has 0 aliphatic heterocycles. The molecule has 0 aliphatic carbocycles. The van der Waals surface area contributed by atoms with E-state index in [4.69, 9.17) is 9.47 Å². The fourth-order valence-corrected chi connectivity index (χ4v) is 7.27. The number of rotatable bonds is 38. The standard InChI is InChI=1S/2C25H42O4.Ba/c2*1-2-3-4-5-6-13-18-24(29-21-22-15-10-9-11-16-22)20-23(26)17-12-7-8-14-19-25(27)28;/h2*9-11,15-16,23-24,26H,2-8,12-14,17-21H2,1H3,(H,27,28);/q;;+2/p-2. The molecule has 2 rings (SSSR count). The van der Waals surface area contributed by atoms with E-state index in [0.29, 0.717) is 38.9 Å². The van der Waals surface area contributed by atoms with E-state index in [9.17, 15) is 30.0 Å². The van der Waals surface area contributed by atoms with E-state index in [0.717, 1.165) is 77.0 Å². The first-order chi connectivity index (χ1) is 28.2. The van der Waals surface area contributed by atoms with Crippen molar-refractivity contribution in [2.24, 2.45) is 0 Å². The summed E-state index contributed by atoms with van der Waals surface area (Å²) in [7, 11) is 0. The van der Waals surface area contributed by atoms with Gasteiger partial charge in [-0.25, -0.2) is 0 Å². The molecule has 0 spiro atoms. The van der Waals surface area contributed by atoms with E-state index in [-0.39, 0.29) is 86.1 Å². The van der Waals surface area contributed by atoms with Crippen molar-refractivity contribution < 1.29 is 39.5 Å². The largest absolute Gasteiger partial charge is 2.00 e. The van der Waals surface area contributed by atoms with Crippen LogP contribution in [0.25, 0.3) is 0 Å². The van der Waals surface area contributed by atoms with Gasteiger partial charge >= 0.3 is 48.9 Å². The smallest absolute Gasteiger partial charge is 0.550 e. The van der Waals surface area contributed by atoms with Crippen LogP contribution in [-0.2, 0) is 32.3 Å². The summed E-state index contributed by atoms with van der Waals surface area (Å²) in [6.07, 6.45) is 26.6. The minimum absolute atomic E-state index is 0. The van der Waals surface area contributed by atoms with Crippen molar-refractivity contribution in [3.8, 4) is 0 Å². The Morgan fingerprint density at radius 1 is 0.475 bits per heavy atom. The first-order valence-corrected chi connectivity index (χ1v) is 23.3. The summed E-state index contributed by atoms with van der Waals surface area (Å²) in [6.45, 7) is 5.66. The second kappa shape index (κ2) is 42.1. The van der Waals surface area contributed by atoms with Gasteiger partial charge < -0.3 is 39.5 Å². The van der Waals surface area contributed by atoms with Crippen LogP contribution in [0.4, 0.5) is 0 Å². The Kier molecular flexibility index (Phi) is 41.2. The molecule has 0 amide bonds. The zero-order valence-electron chi connectivity index (χ0n) is 37.3. The molecule has 59 heavy (non-hydrogen) atoms. The van der Waals surface area contributed by atoms with Gasteiger partial charge in [-0.1, -0.05) is 190 Å². The third kappa shape index (κ3) is 38.2. The Morgan fingerprint density at radius 2 is 0.780 bits per heavy atom. The molecule has 332 valence electrons. The quantitative estimate of drug-likeness (QED) is 0.0501. The summed E-state index contributed by atoms with van der Waals surface area (Å²) in [5.41, 5.74) is 2.34. The molecular weight excluding hydrogens is 866 g/mol. The van der Waals surface area contributed by atoms with Crippen molar-refractivity contribution in [1.29, 1.82) is 0 Å². The number of hydrogen-bond acceptors (Lipinski definition) is 8. The van der Waals surface area contributed by atoms with E-state index in [1.54, 1.807) is 0 Å². The maximum absolute atomic E-state index is 10.5. The predicted molar refractivity (Wildman–Crippen MR) is 238 cm³/mol. The first-order valence-electron chi connectivity index (χ1n) is 23.3.